The molecule has 0 aliphatic heterocycles. The third kappa shape index (κ3) is 4.31. The van der Waals surface area contributed by atoms with Crippen LogP contribution in [0.3, 0.4) is 0 Å². The molecule has 2 aromatic rings. The Balaban J connectivity index is 2.21. The van der Waals surface area contributed by atoms with Crippen molar-refractivity contribution in [2.45, 2.75) is 6.92 Å². The number of carbonyl (C=O) groups is 1. The van der Waals surface area contributed by atoms with Gasteiger partial charge in [-0.15, -0.1) is 0 Å². The van der Waals surface area contributed by atoms with Crippen LogP contribution in [0, 0.1) is 17.2 Å². The maximum Gasteiger partial charge on any atom is 0.255 e. The van der Waals surface area contributed by atoms with Crippen molar-refractivity contribution >= 4 is 5.91 Å². The van der Waals surface area contributed by atoms with Crippen molar-refractivity contribution in [3.63, 3.8) is 0 Å². The van der Waals surface area contributed by atoms with Crippen molar-refractivity contribution in [2.75, 3.05) is 13.2 Å². The summed E-state index contributed by atoms with van der Waals surface area (Å²) in [7, 11) is 0. The molecule has 5 heteroatoms. The number of ether oxygens (including phenoxy) is 1. The molecule has 2 rings (SSSR count). The first kappa shape index (κ1) is 16.5. The van der Waals surface area contributed by atoms with Gasteiger partial charge in [0.2, 0.25) is 0 Å². The van der Waals surface area contributed by atoms with Crippen LogP contribution in [0.5, 0.6) is 11.5 Å². The topological polar surface area (TPSA) is 82.3 Å². The van der Waals surface area contributed by atoms with Crippen LogP contribution in [-0.4, -0.2) is 24.2 Å². The van der Waals surface area contributed by atoms with E-state index < -0.39 is 0 Å². The molecule has 118 valence electrons. The summed E-state index contributed by atoms with van der Waals surface area (Å²) in [6.07, 6.45) is 0. The molecule has 1 unspecified atom stereocenters. The molecule has 0 saturated carbocycles. The maximum atomic E-state index is 12.3. The third-order valence-electron chi connectivity index (χ3n) is 3.28. The number of hydrogen-bond acceptors (Lipinski definition) is 4. The minimum absolute atomic E-state index is 0.00791. The minimum Gasteiger partial charge on any atom is -0.455 e. The van der Waals surface area contributed by atoms with Gasteiger partial charge >= 0.3 is 0 Å². The van der Waals surface area contributed by atoms with E-state index in [1.54, 1.807) is 48.5 Å². The molecule has 0 aliphatic carbocycles. The van der Waals surface area contributed by atoms with Gasteiger partial charge in [0.05, 0.1) is 11.1 Å². The van der Waals surface area contributed by atoms with Gasteiger partial charge in [0.25, 0.3) is 5.91 Å². The lowest BCUT2D eigenvalue weighted by atomic mass is 10.1. The van der Waals surface area contributed by atoms with Crippen molar-refractivity contribution in [3.05, 3.63) is 59.7 Å². The SMILES string of the molecule is CC(CO)CNC(=O)c1ccccc1Oc1ccccc1C#N. The number of nitrogens with one attached hydrogen (secondary N) is 1. The highest BCUT2D eigenvalue weighted by Gasteiger charge is 2.14. The van der Waals surface area contributed by atoms with Gasteiger partial charge in [0.15, 0.2) is 0 Å². The molecular formula is C18H18N2O3. The summed E-state index contributed by atoms with van der Waals surface area (Å²) in [4.78, 5) is 12.3. The van der Waals surface area contributed by atoms with Gasteiger partial charge in [-0.3, -0.25) is 4.79 Å². The van der Waals surface area contributed by atoms with Crippen LogP contribution in [0.25, 0.3) is 0 Å². The fourth-order valence-electron chi connectivity index (χ4n) is 1.94. The van der Waals surface area contributed by atoms with Gasteiger partial charge in [-0.1, -0.05) is 31.2 Å². The predicted octanol–water partition coefficient (Wildman–Crippen LogP) is 2.71. The summed E-state index contributed by atoms with van der Waals surface area (Å²) in [5.74, 6) is 0.477. The zero-order valence-electron chi connectivity index (χ0n) is 12.8. The van der Waals surface area contributed by atoms with Crippen LogP contribution in [0.15, 0.2) is 48.5 Å². The summed E-state index contributed by atoms with van der Waals surface area (Å²) in [6, 6.07) is 15.8. The van der Waals surface area contributed by atoms with Gasteiger partial charge in [-0.2, -0.15) is 5.26 Å². The smallest absolute Gasteiger partial charge is 0.255 e. The highest BCUT2D eigenvalue weighted by atomic mass is 16.5. The molecule has 0 spiro atoms. The standard InChI is InChI=1S/C18H18N2O3/c1-13(12-21)11-20-18(22)15-7-3-5-9-17(15)23-16-8-4-2-6-14(16)10-19/h2-9,13,21H,11-12H2,1H3,(H,20,22). The highest BCUT2D eigenvalue weighted by Crippen LogP contribution is 2.27. The van der Waals surface area contributed by atoms with Crippen molar-refractivity contribution in [1.29, 1.82) is 5.26 Å². The van der Waals surface area contributed by atoms with E-state index in [2.05, 4.69) is 11.4 Å². The molecule has 1 atom stereocenters. The third-order valence-corrected chi connectivity index (χ3v) is 3.28. The van der Waals surface area contributed by atoms with Gasteiger partial charge in [0.1, 0.15) is 17.6 Å². The first-order valence-corrected chi connectivity index (χ1v) is 7.30. The fraction of sp³-hybridized carbons (Fsp3) is 0.222. The van der Waals surface area contributed by atoms with E-state index in [1.807, 2.05) is 6.92 Å². The number of amides is 1. The van der Waals surface area contributed by atoms with Crippen LogP contribution in [0.2, 0.25) is 0 Å². The van der Waals surface area contributed by atoms with E-state index in [1.165, 1.54) is 0 Å². The summed E-state index contributed by atoms with van der Waals surface area (Å²) in [6.45, 7) is 2.22. The zero-order chi connectivity index (χ0) is 16.7. The number of aliphatic hydroxyl groups is 1. The number of benzene rings is 2. The van der Waals surface area contributed by atoms with Gasteiger partial charge < -0.3 is 15.2 Å². The first-order chi connectivity index (χ1) is 11.2. The number of aliphatic hydroxyl groups excluding tert-OH is 1. The first-order valence-electron chi connectivity index (χ1n) is 7.30. The van der Waals surface area contributed by atoms with Crippen LogP contribution in [0.1, 0.15) is 22.8 Å². The second kappa shape index (κ2) is 7.97. The lowest BCUT2D eigenvalue weighted by Gasteiger charge is -2.13. The second-order valence-corrected chi connectivity index (χ2v) is 5.20. The molecule has 0 saturated heterocycles. The largest absolute Gasteiger partial charge is 0.455 e. The molecular weight excluding hydrogens is 292 g/mol. The summed E-state index contributed by atoms with van der Waals surface area (Å²) >= 11 is 0. The Hall–Kier alpha value is -2.84. The molecule has 0 fully saturated rings. The van der Waals surface area contributed by atoms with E-state index >= 15 is 0 Å². The van der Waals surface area contributed by atoms with E-state index in [9.17, 15) is 4.79 Å². The minimum atomic E-state index is -0.282. The average molecular weight is 310 g/mol. The number of hydrogen-bond donors (Lipinski definition) is 2. The van der Waals surface area contributed by atoms with E-state index in [0.717, 1.165) is 0 Å². The normalized spacial score (nSPS) is 11.3. The number of nitriles is 1. The lowest BCUT2D eigenvalue weighted by molar-refractivity contribution is 0.0940. The number of para-hydroxylation sites is 2. The Labute approximate surface area is 135 Å². The monoisotopic (exact) mass is 310 g/mol. The Kier molecular flexibility index (Phi) is 5.73. The Morgan fingerprint density at radius 3 is 2.57 bits per heavy atom. The molecule has 0 bridgehead atoms. The number of carbonyl (C=O) groups excluding carboxylic acids is 1. The summed E-state index contributed by atoms with van der Waals surface area (Å²) < 4.78 is 5.75. The highest BCUT2D eigenvalue weighted by molar-refractivity contribution is 5.97. The van der Waals surface area contributed by atoms with Crippen LogP contribution in [0.4, 0.5) is 0 Å². The predicted molar refractivity (Wildman–Crippen MR) is 86.3 cm³/mol. The molecule has 0 radical (unpaired) electrons. The van der Waals surface area contributed by atoms with Crippen molar-refractivity contribution in [2.24, 2.45) is 5.92 Å². The molecule has 2 N–H and O–H groups in total. The Morgan fingerprint density at radius 2 is 1.87 bits per heavy atom. The maximum absolute atomic E-state index is 12.3. The quantitative estimate of drug-likeness (QED) is 0.859. The molecule has 0 aliphatic rings. The molecule has 2 aromatic carbocycles. The number of nitrogens with zero attached hydrogens (tertiary/aromatic N) is 1. The van der Waals surface area contributed by atoms with Gasteiger partial charge in [0, 0.05) is 13.2 Å². The van der Waals surface area contributed by atoms with Crippen LogP contribution >= 0.6 is 0 Å². The van der Waals surface area contributed by atoms with E-state index in [0.29, 0.717) is 29.2 Å². The van der Waals surface area contributed by atoms with E-state index in [-0.39, 0.29) is 18.4 Å². The fourth-order valence-corrected chi connectivity index (χ4v) is 1.94. The second-order valence-electron chi connectivity index (χ2n) is 5.20. The zero-order valence-corrected chi connectivity index (χ0v) is 12.8. The molecule has 0 heterocycles. The van der Waals surface area contributed by atoms with Crippen LogP contribution in [-0.2, 0) is 0 Å². The van der Waals surface area contributed by atoms with E-state index in [4.69, 9.17) is 15.1 Å². The Morgan fingerprint density at radius 1 is 1.22 bits per heavy atom. The number of rotatable bonds is 6. The van der Waals surface area contributed by atoms with Crippen molar-refractivity contribution in [3.8, 4) is 17.6 Å². The Bertz CT molecular complexity index is 722. The lowest BCUT2D eigenvalue weighted by Crippen LogP contribution is -2.29. The molecule has 0 aromatic heterocycles. The molecule has 5 nitrogen and oxygen atoms in total. The average Bonchev–Trinajstić information content (AvgIpc) is 2.60. The van der Waals surface area contributed by atoms with Crippen molar-refractivity contribution in [1.82, 2.24) is 5.32 Å². The molecule has 23 heavy (non-hydrogen) atoms. The van der Waals surface area contributed by atoms with Crippen molar-refractivity contribution < 1.29 is 14.6 Å². The summed E-state index contributed by atoms with van der Waals surface area (Å²) in [5.41, 5.74) is 0.780. The van der Waals surface area contributed by atoms with Gasteiger partial charge in [-0.25, -0.2) is 0 Å². The molecule has 1 amide bonds. The summed E-state index contributed by atoms with van der Waals surface area (Å²) in [5, 5.41) is 20.9. The van der Waals surface area contributed by atoms with Crippen LogP contribution < -0.4 is 10.1 Å². The van der Waals surface area contributed by atoms with Gasteiger partial charge in [-0.05, 0) is 30.2 Å².